The van der Waals surface area contributed by atoms with Crippen molar-refractivity contribution >= 4 is 34.7 Å². The smallest absolute Gasteiger partial charge is 0.227 e. The maximum Gasteiger partial charge on any atom is 0.227 e. The van der Waals surface area contributed by atoms with Gasteiger partial charge in [-0.2, -0.15) is 0 Å². The lowest BCUT2D eigenvalue weighted by Gasteiger charge is -2.40. The second-order valence-electron chi connectivity index (χ2n) is 9.04. The fraction of sp³-hybridized carbons (Fsp3) is 0.500. The van der Waals surface area contributed by atoms with Crippen molar-refractivity contribution < 1.29 is 14.4 Å². The van der Waals surface area contributed by atoms with Crippen LogP contribution in [0.2, 0.25) is 0 Å². The van der Waals surface area contributed by atoms with Gasteiger partial charge in [-0.25, -0.2) is 0 Å². The molecule has 1 aromatic carbocycles. The minimum Gasteiger partial charge on any atom is -0.356 e. The number of carbonyl (C=O) groups excluding carboxylic acids is 3. The number of benzene rings is 1. The van der Waals surface area contributed by atoms with Gasteiger partial charge in [0.1, 0.15) is 0 Å². The Morgan fingerprint density at radius 2 is 1.88 bits per heavy atom. The predicted octanol–water partition coefficient (Wildman–Crippen LogP) is 4.45. The van der Waals surface area contributed by atoms with E-state index in [1.807, 2.05) is 58.5 Å². The first-order chi connectivity index (χ1) is 16.0. The van der Waals surface area contributed by atoms with Crippen LogP contribution in [-0.4, -0.2) is 42.3 Å². The molecule has 0 bridgehead atoms. The Kier molecular flexibility index (Phi) is 7.81. The van der Waals surface area contributed by atoms with E-state index in [9.17, 15) is 14.4 Å². The van der Waals surface area contributed by atoms with Crippen molar-refractivity contribution in [2.75, 3.05) is 24.5 Å². The Hall–Kier alpha value is -2.67. The van der Waals surface area contributed by atoms with Gasteiger partial charge in [-0.05, 0) is 56.2 Å². The first-order valence-electron chi connectivity index (χ1n) is 12.0. The van der Waals surface area contributed by atoms with Crippen LogP contribution in [-0.2, 0) is 14.4 Å². The molecule has 2 fully saturated rings. The van der Waals surface area contributed by atoms with Crippen molar-refractivity contribution in [3.63, 3.8) is 0 Å². The van der Waals surface area contributed by atoms with Crippen LogP contribution in [0.1, 0.15) is 61.4 Å². The highest BCUT2D eigenvalue weighted by Gasteiger charge is 2.41. The number of rotatable bonds is 7. The highest BCUT2D eigenvalue weighted by molar-refractivity contribution is 7.10. The molecule has 0 spiro atoms. The van der Waals surface area contributed by atoms with Gasteiger partial charge in [0.25, 0.3) is 0 Å². The van der Waals surface area contributed by atoms with E-state index in [4.69, 9.17) is 0 Å². The van der Waals surface area contributed by atoms with Gasteiger partial charge in [0.15, 0.2) is 0 Å². The van der Waals surface area contributed by atoms with E-state index in [2.05, 4.69) is 5.32 Å². The number of anilines is 1. The summed E-state index contributed by atoms with van der Waals surface area (Å²) in [5.74, 6) is -0.0280. The van der Waals surface area contributed by atoms with Crippen LogP contribution in [0, 0.1) is 12.8 Å². The molecule has 2 saturated heterocycles. The van der Waals surface area contributed by atoms with Crippen molar-refractivity contribution in [1.29, 1.82) is 0 Å². The summed E-state index contributed by atoms with van der Waals surface area (Å²) in [4.78, 5) is 43.3. The number of likely N-dealkylation sites (tertiary alicyclic amines) is 1. The molecule has 2 unspecified atom stereocenters. The van der Waals surface area contributed by atoms with E-state index in [1.165, 1.54) is 0 Å². The van der Waals surface area contributed by atoms with Gasteiger partial charge < -0.3 is 15.1 Å². The van der Waals surface area contributed by atoms with Crippen LogP contribution in [0.4, 0.5) is 5.69 Å². The van der Waals surface area contributed by atoms with Gasteiger partial charge in [-0.1, -0.05) is 30.2 Å². The molecular formula is C26H33N3O3S. The number of hydrogen-bond donors (Lipinski definition) is 1. The molecule has 6 nitrogen and oxygen atoms in total. The van der Waals surface area contributed by atoms with E-state index in [0.29, 0.717) is 32.4 Å². The third-order valence-corrected chi connectivity index (χ3v) is 7.60. The summed E-state index contributed by atoms with van der Waals surface area (Å²) in [6.45, 7) is 4.07. The molecule has 2 aliphatic rings. The molecule has 33 heavy (non-hydrogen) atoms. The SMILES string of the molecule is Cc1ccc(N2C(=O)CCC(C(=O)NCCCN3CCCCCC3=O)C2c2cccs2)cc1. The van der Waals surface area contributed by atoms with E-state index < -0.39 is 0 Å². The Morgan fingerprint density at radius 1 is 1.06 bits per heavy atom. The number of nitrogens with one attached hydrogen (secondary N) is 1. The van der Waals surface area contributed by atoms with Crippen LogP contribution in [0.5, 0.6) is 0 Å². The molecule has 0 saturated carbocycles. The number of hydrogen-bond acceptors (Lipinski definition) is 4. The lowest BCUT2D eigenvalue weighted by Crippen LogP contribution is -2.48. The molecule has 1 N–H and O–H groups in total. The van der Waals surface area contributed by atoms with Gasteiger partial charge in [-0.15, -0.1) is 11.3 Å². The second-order valence-corrected chi connectivity index (χ2v) is 10.0. The van der Waals surface area contributed by atoms with Gasteiger partial charge >= 0.3 is 0 Å². The molecule has 176 valence electrons. The summed E-state index contributed by atoms with van der Waals surface area (Å²) in [5.41, 5.74) is 1.97. The molecule has 0 aliphatic carbocycles. The van der Waals surface area contributed by atoms with Crippen molar-refractivity contribution in [3.8, 4) is 0 Å². The minimum absolute atomic E-state index is 0.0137. The van der Waals surface area contributed by atoms with Gasteiger partial charge in [0.05, 0.1) is 12.0 Å². The minimum atomic E-state index is -0.304. The average molecular weight is 468 g/mol. The lowest BCUT2D eigenvalue weighted by atomic mass is 9.86. The average Bonchev–Trinajstić information content (AvgIpc) is 3.27. The lowest BCUT2D eigenvalue weighted by molar-refractivity contribution is -0.130. The molecule has 2 aromatic rings. The maximum absolute atomic E-state index is 13.3. The first kappa shape index (κ1) is 23.5. The van der Waals surface area contributed by atoms with E-state index in [1.54, 1.807) is 11.3 Å². The topological polar surface area (TPSA) is 69.7 Å². The van der Waals surface area contributed by atoms with E-state index >= 15 is 0 Å². The van der Waals surface area contributed by atoms with E-state index in [-0.39, 0.29) is 29.7 Å². The summed E-state index contributed by atoms with van der Waals surface area (Å²) < 4.78 is 0. The second kappa shape index (κ2) is 11.0. The standard InChI is InChI=1S/C26H33N3O3S/c1-19-9-11-20(12-10-19)29-24(31)14-13-21(25(29)22-7-5-18-33-22)26(32)27-15-6-17-28-16-4-2-3-8-23(28)30/h5,7,9-12,18,21,25H,2-4,6,8,13-17H2,1H3,(H,27,32). The number of nitrogens with zero attached hydrogens (tertiary/aromatic N) is 2. The van der Waals surface area contributed by atoms with Crippen LogP contribution in [0.15, 0.2) is 41.8 Å². The molecule has 3 amide bonds. The van der Waals surface area contributed by atoms with Gasteiger partial charge in [-0.3, -0.25) is 14.4 Å². The Bertz CT molecular complexity index is 958. The number of piperidine rings is 1. The number of amides is 3. The first-order valence-corrected chi connectivity index (χ1v) is 12.9. The monoisotopic (exact) mass is 467 g/mol. The highest BCUT2D eigenvalue weighted by atomic mass is 32.1. The Balaban J connectivity index is 1.43. The molecule has 4 rings (SSSR count). The van der Waals surface area contributed by atoms with Gasteiger partial charge in [0.2, 0.25) is 17.7 Å². The van der Waals surface area contributed by atoms with Crippen LogP contribution < -0.4 is 10.2 Å². The van der Waals surface area contributed by atoms with Crippen molar-refractivity contribution in [1.82, 2.24) is 10.2 Å². The summed E-state index contributed by atoms with van der Waals surface area (Å²) in [6, 6.07) is 11.6. The van der Waals surface area contributed by atoms with E-state index in [0.717, 1.165) is 48.4 Å². The zero-order chi connectivity index (χ0) is 23.2. The number of thiophene rings is 1. The summed E-state index contributed by atoms with van der Waals surface area (Å²) >= 11 is 1.59. The molecule has 3 heterocycles. The quantitative estimate of drug-likeness (QED) is 0.612. The van der Waals surface area contributed by atoms with Crippen LogP contribution in [0.3, 0.4) is 0 Å². The fourth-order valence-corrected chi connectivity index (χ4v) is 5.73. The molecular weight excluding hydrogens is 434 g/mol. The zero-order valence-corrected chi connectivity index (χ0v) is 20.1. The molecule has 0 radical (unpaired) electrons. The third-order valence-electron chi connectivity index (χ3n) is 6.66. The normalized spacial score (nSPS) is 21.7. The highest BCUT2D eigenvalue weighted by Crippen LogP contribution is 2.41. The fourth-order valence-electron chi connectivity index (χ4n) is 4.85. The van der Waals surface area contributed by atoms with Gasteiger partial charge in [0, 0.05) is 43.0 Å². The van der Waals surface area contributed by atoms with Crippen molar-refractivity contribution in [2.24, 2.45) is 5.92 Å². The molecule has 7 heteroatoms. The predicted molar refractivity (Wildman–Crippen MR) is 131 cm³/mol. The Labute approximate surface area is 200 Å². The zero-order valence-electron chi connectivity index (χ0n) is 19.3. The number of aryl methyl sites for hydroxylation is 1. The molecule has 2 aliphatic heterocycles. The summed E-state index contributed by atoms with van der Waals surface area (Å²) in [7, 11) is 0. The molecule has 2 atom stereocenters. The molecule has 1 aromatic heterocycles. The van der Waals surface area contributed by atoms with Crippen LogP contribution >= 0.6 is 11.3 Å². The summed E-state index contributed by atoms with van der Waals surface area (Å²) in [5, 5.41) is 5.10. The Morgan fingerprint density at radius 3 is 2.64 bits per heavy atom. The summed E-state index contributed by atoms with van der Waals surface area (Å²) in [6.07, 6.45) is 5.44. The van der Waals surface area contributed by atoms with Crippen molar-refractivity contribution in [2.45, 2.75) is 57.9 Å². The maximum atomic E-state index is 13.3. The largest absolute Gasteiger partial charge is 0.356 e. The van der Waals surface area contributed by atoms with Crippen LogP contribution in [0.25, 0.3) is 0 Å². The van der Waals surface area contributed by atoms with Crippen molar-refractivity contribution in [3.05, 3.63) is 52.2 Å². The third kappa shape index (κ3) is 5.64. The number of carbonyl (C=O) groups is 3.